The summed E-state index contributed by atoms with van der Waals surface area (Å²) in [5.41, 5.74) is 2.35. The Morgan fingerprint density at radius 3 is 2.55 bits per heavy atom. The molecule has 110 valence electrons. The predicted octanol–water partition coefficient (Wildman–Crippen LogP) is 4.07. The summed E-state index contributed by atoms with van der Waals surface area (Å²) in [6.45, 7) is 0. The normalized spacial score (nSPS) is 10.2. The van der Waals surface area contributed by atoms with E-state index in [9.17, 15) is 4.79 Å². The fraction of sp³-hybridized carbons (Fsp3) is 0.0588. The van der Waals surface area contributed by atoms with Crippen molar-refractivity contribution >= 4 is 22.9 Å². The zero-order valence-electron chi connectivity index (χ0n) is 11.9. The van der Waals surface area contributed by atoms with Gasteiger partial charge in [0, 0.05) is 16.5 Å². The highest BCUT2D eigenvalue weighted by Gasteiger charge is 2.07. The Morgan fingerprint density at radius 1 is 1.14 bits per heavy atom. The second-order valence-corrected chi connectivity index (χ2v) is 5.55. The highest BCUT2D eigenvalue weighted by Crippen LogP contribution is 2.24. The number of anilines is 1. The fourth-order valence-electron chi connectivity index (χ4n) is 2.01. The molecule has 3 aromatic rings. The van der Waals surface area contributed by atoms with E-state index < -0.39 is 0 Å². The van der Waals surface area contributed by atoms with Gasteiger partial charge in [-0.05, 0) is 35.2 Å². The third kappa shape index (κ3) is 3.15. The molecule has 4 nitrogen and oxygen atoms in total. The van der Waals surface area contributed by atoms with Crippen LogP contribution in [0.25, 0.3) is 10.4 Å². The second-order valence-electron chi connectivity index (χ2n) is 4.60. The van der Waals surface area contributed by atoms with Gasteiger partial charge in [0.1, 0.15) is 0 Å². The number of aromatic nitrogens is 1. The number of rotatable bonds is 4. The van der Waals surface area contributed by atoms with Crippen LogP contribution in [0.5, 0.6) is 5.88 Å². The van der Waals surface area contributed by atoms with E-state index in [-0.39, 0.29) is 5.91 Å². The Morgan fingerprint density at radius 2 is 1.95 bits per heavy atom. The molecule has 2 aromatic heterocycles. The molecule has 3 rings (SSSR count). The lowest BCUT2D eigenvalue weighted by molar-refractivity contribution is 0.102. The van der Waals surface area contributed by atoms with E-state index in [1.165, 1.54) is 4.88 Å². The van der Waals surface area contributed by atoms with Gasteiger partial charge in [0.2, 0.25) is 5.88 Å². The number of carbonyl (C=O) groups excluding carboxylic acids is 1. The molecule has 5 heteroatoms. The molecule has 1 N–H and O–H groups in total. The highest BCUT2D eigenvalue weighted by atomic mass is 32.1. The van der Waals surface area contributed by atoms with E-state index in [4.69, 9.17) is 4.74 Å². The average Bonchev–Trinajstić information content (AvgIpc) is 3.10. The number of carbonyl (C=O) groups is 1. The molecule has 1 aromatic carbocycles. The summed E-state index contributed by atoms with van der Waals surface area (Å²) >= 11 is 1.68. The smallest absolute Gasteiger partial charge is 0.255 e. The van der Waals surface area contributed by atoms with E-state index >= 15 is 0 Å². The monoisotopic (exact) mass is 310 g/mol. The van der Waals surface area contributed by atoms with Crippen LogP contribution in [0.1, 0.15) is 10.4 Å². The molecule has 0 spiro atoms. The zero-order valence-corrected chi connectivity index (χ0v) is 12.8. The Bertz CT molecular complexity index is 750. The lowest BCUT2D eigenvalue weighted by Crippen LogP contribution is -2.11. The largest absolute Gasteiger partial charge is 0.481 e. The van der Waals surface area contributed by atoms with Gasteiger partial charge in [-0.25, -0.2) is 4.98 Å². The third-order valence-corrected chi connectivity index (χ3v) is 4.08. The molecule has 0 aliphatic rings. The summed E-state index contributed by atoms with van der Waals surface area (Å²) in [6, 6.07) is 15.1. The lowest BCUT2D eigenvalue weighted by atomic mass is 10.1. The first-order chi connectivity index (χ1) is 10.8. The first-order valence-electron chi connectivity index (χ1n) is 6.71. The van der Waals surface area contributed by atoms with Gasteiger partial charge < -0.3 is 10.1 Å². The van der Waals surface area contributed by atoms with Crippen LogP contribution in [0, 0.1) is 0 Å². The zero-order chi connectivity index (χ0) is 15.4. The number of amides is 1. The van der Waals surface area contributed by atoms with Crippen LogP contribution in [-0.2, 0) is 0 Å². The van der Waals surface area contributed by atoms with Crippen molar-refractivity contribution in [2.24, 2.45) is 0 Å². The van der Waals surface area contributed by atoms with Crippen LogP contribution in [0.15, 0.2) is 60.1 Å². The van der Waals surface area contributed by atoms with Crippen LogP contribution in [0.3, 0.4) is 0 Å². The van der Waals surface area contributed by atoms with Gasteiger partial charge in [-0.3, -0.25) is 4.79 Å². The minimum atomic E-state index is -0.162. The van der Waals surface area contributed by atoms with Crippen LogP contribution >= 0.6 is 11.3 Å². The van der Waals surface area contributed by atoms with Crippen molar-refractivity contribution in [3.8, 4) is 16.3 Å². The van der Waals surface area contributed by atoms with E-state index in [1.807, 2.05) is 35.7 Å². The quantitative estimate of drug-likeness (QED) is 0.790. The van der Waals surface area contributed by atoms with Gasteiger partial charge in [-0.2, -0.15) is 0 Å². The van der Waals surface area contributed by atoms with Crippen molar-refractivity contribution in [2.75, 3.05) is 12.4 Å². The van der Waals surface area contributed by atoms with Crippen molar-refractivity contribution in [2.45, 2.75) is 0 Å². The molecule has 2 heterocycles. The Kier molecular flexibility index (Phi) is 4.16. The molecule has 0 fully saturated rings. The van der Waals surface area contributed by atoms with E-state index in [1.54, 1.807) is 36.8 Å². The summed E-state index contributed by atoms with van der Waals surface area (Å²) in [6.07, 6.45) is 1.57. The Hall–Kier alpha value is -2.66. The van der Waals surface area contributed by atoms with Gasteiger partial charge >= 0.3 is 0 Å². The minimum Gasteiger partial charge on any atom is -0.481 e. The van der Waals surface area contributed by atoms with Gasteiger partial charge in [0.05, 0.1) is 19.0 Å². The molecule has 22 heavy (non-hydrogen) atoms. The summed E-state index contributed by atoms with van der Waals surface area (Å²) < 4.78 is 4.98. The molecule has 0 radical (unpaired) electrons. The number of hydrogen-bond acceptors (Lipinski definition) is 4. The number of hydrogen-bond donors (Lipinski definition) is 1. The first-order valence-corrected chi connectivity index (χ1v) is 7.59. The fourth-order valence-corrected chi connectivity index (χ4v) is 2.74. The van der Waals surface area contributed by atoms with Crippen LogP contribution in [0.4, 0.5) is 5.69 Å². The summed E-state index contributed by atoms with van der Waals surface area (Å²) in [4.78, 5) is 17.4. The maximum absolute atomic E-state index is 12.2. The SMILES string of the molecule is COc1ccc(NC(=O)c2ccc(-c3cccs3)cc2)cn1. The molecule has 0 atom stereocenters. The number of pyridine rings is 1. The Labute approximate surface area is 132 Å². The number of nitrogens with zero attached hydrogens (tertiary/aromatic N) is 1. The minimum absolute atomic E-state index is 0.162. The van der Waals surface area contributed by atoms with Crippen LogP contribution in [-0.4, -0.2) is 18.0 Å². The van der Waals surface area contributed by atoms with Crippen LogP contribution in [0.2, 0.25) is 0 Å². The predicted molar refractivity (Wildman–Crippen MR) is 88.5 cm³/mol. The van der Waals surface area contributed by atoms with Gasteiger partial charge in [-0.15, -0.1) is 11.3 Å². The lowest BCUT2D eigenvalue weighted by Gasteiger charge is -2.06. The highest BCUT2D eigenvalue weighted by molar-refractivity contribution is 7.13. The molecule has 1 amide bonds. The first kappa shape index (κ1) is 14.3. The van der Waals surface area contributed by atoms with Gasteiger partial charge in [-0.1, -0.05) is 18.2 Å². The summed E-state index contributed by atoms with van der Waals surface area (Å²) in [5, 5.41) is 4.84. The summed E-state index contributed by atoms with van der Waals surface area (Å²) in [5.74, 6) is 0.350. The molecule has 0 aliphatic carbocycles. The van der Waals surface area contributed by atoms with E-state index in [0.717, 1.165) is 5.56 Å². The third-order valence-electron chi connectivity index (χ3n) is 3.16. The van der Waals surface area contributed by atoms with Gasteiger partial charge in [0.25, 0.3) is 5.91 Å². The number of methoxy groups -OCH3 is 1. The molecule has 0 saturated carbocycles. The number of thiophene rings is 1. The second kappa shape index (κ2) is 6.41. The topological polar surface area (TPSA) is 51.2 Å². The average molecular weight is 310 g/mol. The number of nitrogens with one attached hydrogen (secondary N) is 1. The van der Waals surface area contributed by atoms with Crippen molar-refractivity contribution in [1.82, 2.24) is 4.98 Å². The maximum atomic E-state index is 12.2. The van der Waals surface area contributed by atoms with Crippen LogP contribution < -0.4 is 10.1 Å². The Balaban J connectivity index is 1.71. The number of benzene rings is 1. The maximum Gasteiger partial charge on any atom is 0.255 e. The van der Waals surface area contributed by atoms with Crippen molar-refractivity contribution in [3.05, 3.63) is 65.7 Å². The molecular formula is C17H14N2O2S. The molecule has 0 saturated heterocycles. The van der Waals surface area contributed by atoms with E-state index in [2.05, 4.69) is 16.4 Å². The van der Waals surface area contributed by atoms with Crippen molar-refractivity contribution in [1.29, 1.82) is 0 Å². The molecule has 0 aliphatic heterocycles. The molecular weight excluding hydrogens is 296 g/mol. The summed E-state index contributed by atoms with van der Waals surface area (Å²) in [7, 11) is 1.55. The number of ether oxygens (including phenoxy) is 1. The standard InChI is InChI=1S/C17H14N2O2S/c1-21-16-9-8-14(11-18-16)19-17(20)13-6-4-12(5-7-13)15-3-2-10-22-15/h2-11H,1H3,(H,19,20). The molecule has 0 bridgehead atoms. The molecule has 0 unspecified atom stereocenters. The van der Waals surface area contributed by atoms with E-state index in [0.29, 0.717) is 17.1 Å². The van der Waals surface area contributed by atoms with Crippen molar-refractivity contribution in [3.63, 3.8) is 0 Å². The van der Waals surface area contributed by atoms with Gasteiger partial charge in [0.15, 0.2) is 0 Å². The van der Waals surface area contributed by atoms with Crippen molar-refractivity contribution < 1.29 is 9.53 Å².